The Balaban J connectivity index is 2.71. The number of ether oxygens (including phenoxy) is 1. The first-order valence-electron chi connectivity index (χ1n) is 5.38. The lowest BCUT2D eigenvalue weighted by Crippen LogP contribution is -2.41. The van der Waals surface area contributed by atoms with Gasteiger partial charge >= 0.3 is 0 Å². The molecule has 1 amide bonds. The average Bonchev–Trinajstić information content (AvgIpc) is 2.86. The zero-order valence-corrected chi connectivity index (χ0v) is 11.1. The molecule has 6 N–H and O–H groups in total. The first-order chi connectivity index (χ1) is 9.03. The SMILES string of the molecule is CN/C(C(=O)NC1CSC(CO)O1)=C(/N)C(=N)C#N. The molecule has 1 fully saturated rings. The van der Waals surface area contributed by atoms with Gasteiger partial charge in [-0.3, -0.25) is 10.2 Å². The fourth-order valence-electron chi connectivity index (χ4n) is 1.40. The van der Waals surface area contributed by atoms with E-state index in [4.69, 9.17) is 26.2 Å². The summed E-state index contributed by atoms with van der Waals surface area (Å²) in [6.07, 6.45) is -0.540. The zero-order chi connectivity index (χ0) is 14.4. The number of thioether (sulfide) groups is 1. The van der Waals surface area contributed by atoms with E-state index in [9.17, 15) is 4.79 Å². The van der Waals surface area contributed by atoms with Gasteiger partial charge < -0.3 is 26.2 Å². The largest absolute Gasteiger partial charge is 0.395 e. The number of amides is 1. The third-order valence-corrected chi connectivity index (χ3v) is 3.45. The van der Waals surface area contributed by atoms with Crippen LogP contribution in [0.2, 0.25) is 0 Å². The second kappa shape index (κ2) is 6.98. The Bertz CT molecular complexity index is 445. The van der Waals surface area contributed by atoms with Crippen LogP contribution in [0.5, 0.6) is 0 Å². The van der Waals surface area contributed by atoms with Crippen molar-refractivity contribution < 1.29 is 14.6 Å². The van der Waals surface area contributed by atoms with Crippen molar-refractivity contribution in [2.45, 2.75) is 11.7 Å². The van der Waals surface area contributed by atoms with Crippen LogP contribution in [0.1, 0.15) is 0 Å². The van der Waals surface area contributed by atoms with Gasteiger partial charge in [-0.05, 0) is 0 Å². The minimum absolute atomic E-state index is 0.0624. The summed E-state index contributed by atoms with van der Waals surface area (Å²) in [6, 6.07) is 1.56. The van der Waals surface area contributed by atoms with Gasteiger partial charge in [-0.2, -0.15) is 5.26 Å². The van der Waals surface area contributed by atoms with Crippen LogP contribution in [0, 0.1) is 16.7 Å². The number of aliphatic hydroxyl groups excluding tert-OH is 1. The van der Waals surface area contributed by atoms with Crippen LogP contribution in [0.3, 0.4) is 0 Å². The van der Waals surface area contributed by atoms with Crippen molar-refractivity contribution in [3.63, 3.8) is 0 Å². The topological polar surface area (TPSA) is 144 Å². The summed E-state index contributed by atoms with van der Waals surface area (Å²) in [7, 11) is 1.47. The van der Waals surface area contributed by atoms with Crippen LogP contribution in [0.4, 0.5) is 0 Å². The quantitative estimate of drug-likeness (QED) is 0.303. The molecule has 9 heteroatoms. The fraction of sp³-hybridized carbons (Fsp3) is 0.500. The van der Waals surface area contributed by atoms with E-state index in [1.54, 1.807) is 6.07 Å². The van der Waals surface area contributed by atoms with E-state index in [2.05, 4.69) is 10.6 Å². The summed E-state index contributed by atoms with van der Waals surface area (Å²) in [5.74, 6) is -0.0620. The van der Waals surface area contributed by atoms with E-state index in [1.165, 1.54) is 18.8 Å². The van der Waals surface area contributed by atoms with E-state index < -0.39 is 17.8 Å². The van der Waals surface area contributed by atoms with Gasteiger partial charge in [0.15, 0.2) is 5.71 Å². The van der Waals surface area contributed by atoms with Crippen LogP contribution in [-0.4, -0.2) is 47.8 Å². The highest BCUT2D eigenvalue weighted by Gasteiger charge is 2.28. The predicted octanol–water partition coefficient (Wildman–Crippen LogP) is -1.56. The monoisotopic (exact) mass is 285 g/mol. The van der Waals surface area contributed by atoms with Gasteiger partial charge in [0.05, 0.1) is 12.3 Å². The molecule has 1 saturated heterocycles. The number of carbonyl (C=O) groups is 1. The summed E-state index contributed by atoms with van der Waals surface area (Å²) in [5.41, 5.74) is 4.39. The Hall–Kier alpha value is -1.76. The highest BCUT2D eigenvalue weighted by Crippen LogP contribution is 2.23. The lowest BCUT2D eigenvalue weighted by molar-refractivity contribution is -0.121. The van der Waals surface area contributed by atoms with E-state index in [1.807, 2.05) is 0 Å². The molecule has 0 aromatic carbocycles. The molecule has 0 bridgehead atoms. The number of nitrogens with zero attached hydrogens (tertiary/aromatic N) is 1. The highest BCUT2D eigenvalue weighted by atomic mass is 32.2. The number of hydrogen-bond donors (Lipinski definition) is 5. The van der Waals surface area contributed by atoms with Crippen molar-refractivity contribution >= 4 is 23.4 Å². The maximum Gasteiger partial charge on any atom is 0.271 e. The van der Waals surface area contributed by atoms with E-state index in [-0.39, 0.29) is 23.4 Å². The maximum absolute atomic E-state index is 11.9. The third kappa shape index (κ3) is 3.85. The van der Waals surface area contributed by atoms with E-state index in [0.717, 1.165) is 0 Å². The Morgan fingerprint density at radius 2 is 2.42 bits per heavy atom. The standard InChI is InChI=1S/C10H15N5O3S/c1-14-9(8(13)5(12)2-11)10(17)15-6-4-19-7(3-16)18-6/h6-7,12,14,16H,3-4,13H2,1H3,(H,15,17)/b9-8+,12-5?. The number of hydrogen-bond acceptors (Lipinski definition) is 8. The van der Waals surface area contributed by atoms with Crippen molar-refractivity contribution in [1.82, 2.24) is 10.6 Å². The van der Waals surface area contributed by atoms with Crippen molar-refractivity contribution in [3.05, 3.63) is 11.4 Å². The molecule has 0 aromatic rings. The molecule has 2 unspecified atom stereocenters. The minimum Gasteiger partial charge on any atom is -0.395 e. The number of aliphatic hydroxyl groups is 1. The summed E-state index contributed by atoms with van der Waals surface area (Å²) in [5, 5.41) is 29.9. The fourth-order valence-corrected chi connectivity index (χ4v) is 2.27. The molecule has 1 aliphatic heterocycles. The maximum atomic E-state index is 11.9. The first kappa shape index (κ1) is 15.3. The molecule has 1 rings (SSSR count). The second-order valence-electron chi connectivity index (χ2n) is 3.57. The Morgan fingerprint density at radius 3 is 2.89 bits per heavy atom. The third-order valence-electron chi connectivity index (χ3n) is 2.32. The molecule has 2 atom stereocenters. The van der Waals surface area contributed by atoms with Crippen molar-refractivity contribution in [2.24, 2.45) is 5.73 Å². The van der Waals surface area contributed by atoms with E-state index >= 15 is 0 Å². The van der Waals surface area contributed by atoms with Crippen molar-refractivity contribution in [1.29, 1.82) is 10.7 Å². The number of nitriles is 1. The summed E-state index contributed by atoms with van der Waals surface area (Å²) in [6.45, 7) is -0.132. The van der Waals surface area contributed by atoms with Crippen LogP contribution in [-0.2, 0) is 9.53 Å². The molecule has 1 heterocycles. The van der Waals surface area contributed by atoms with E-state index in [0.29, 0.717) is 5.75 Å². The molecule has 1 aliphatic rings. The van der Waals surface area contributed by atoms with Gasteiger partial charge in [-0.1, -0.05) is 0 Å². The minimum atomic E-state index is -0.566. The molecular weight excluding hydrogens is 270 g/mol. The summed E-state index contributed by atoms with van der Waals surface area (Å²) in [4.78, 5) is 11.9. The number of likely N-dealkylation sites (N-methyl/N-ethyl adjacent to an activating group) is 1. The number of nitrogens with two attached hydrogens (primary N) is 1. The molecule has 0 aromatic heterocycles. The Morgan fingerprint density at radius 1 is 1.74 bits per heavy atom. The highest BCUT2D eigenvalue weighted by molar-refractivity contribution is 8.00. The summed E-state index contributed by atoms with van der Waals surface area (Å²) >= 11 is 1.38. The Labute approximate surface area is 114 Å². The van der Waals surface area contributed by atoms with Gasteiger partial charge in [0, 0.05) is 12.8 Å². The van der Waals surface area contributed by atoms with Crippen molar-refractivity contribution in [2.75, 3.05) is 19.4 Å². The lowest BCUT2D eigenvalue weighted by Gasteiger charge is -2.15. The number of allylic oxidation sites excluding steroid dienone is 1. The van der Waals surface area contributed by atoms with Gasteiger partial charge in [-0.25, -0.2) is 0 Å². The van der Waals surface area contributed by atoms with Gasteiger partial charge in [0.2, 0.25) is 0 Å². The molecule has 0 saturated carbocycles. The lowest BCUT2D eigenvalue weighted by atomic mass is 10.2. The van der Waals surface area contributed by atoms with Gasteiger partial charge in [0.25, 0.3) is 5.91 Å². The molecule has 19 heavy (non-hydrogen) atoms. The average molecular weight is 285 g/mol. The molecule has 8 nitrogen and oxygen atoms in total. The number of nitrogens with one attached hydrogen (secondary N) is 3. The normalized spacial score (nSPS) is 23.2. The first-order valence-corrected chi connectivity index (χ1v) is 6.43. The van der Waals surface area contributed by atoms with Crippen molar-refractivity contribution in [3.8, 4) is 6.07 Å². The zero-order valence-electron chi connectivity index (χ0n) is 10.3. The van der Waals surface area contributed by atoms with Crippen LogP contribution >= 0.6 is 11.8 Å². The second-order valence-corrected chi connectivity index (χ2v) is 4.76. The van der Waals surface area contributed by atoms with Gasteiger partial charge in [0.1, 0.15) is 23.4 Å². The number of carbonyl (C=O) groups excluding carboxylic acids is 1. The molecule has 0 radical (unpaired) electrons. The predicted molar refractivity (Wildman–Crippen MR) is 70.0 cm³/mol. The smallest absolute Gasteiger partial charge is 0.271 e. The molecule has 0 spiro atoms. The Kier molecular flexibility index (Phi) is 5.62. The van der Waals surface area contributed by atoms with Gasteiger partial charge in [-0.15, -0.1) is 11.8 Å². The summed E-state index contributed by atoms with van der Waals surface area (Å²) < 4.78 is 5.31. The van der Waals surface area contributed by atoms with Crippen LogP contribution < -0.4 is 16.4 Å². The number of rotatable bonds is 5. The molecule has 104 valence electrons. The van der Waals surface area contributed by atoms with Crippen LogP contribution in [0.15, 0.2) is 11.4 Å². The molecule has 0 aliphatic carbocycles. The molecular formula is C10H15N5O3S. The van der Waals surface area contributed by atoms with Crippen LogP contribution in [0.25, 0.3) is 0 Å².